The SMILES string of the molecule is Cc1noc(C)c1C(=O)N1CCC2(CCN(C(=O)NC34CC5CC(CC(C5)C3)C4)C2)CC1. The Balaban J connectivity index is 1.06. The highest BCUT2D eigenvalue weighted by atomic mass is 16.5. The summed E-state index contributed by atoms with van der Waals surface area (Å²) in [6.45, 7) is 6.79. The number of likely N-dealkylation sites (tertiary alicyclic amines) is 2. The van der Waals surface area contributed by atoms with Crippen molar-refractivity contribution < 1.29 is 14.1 Å². The van der Waals surface area contributed by atoms with Crippen LogP contribution in [0.5, 0.6) is 0 Å². The van der Waals surface area contributed by atoms with E-state index in [0.717, 1.165) is 63.2 Å². The van der Waals surface area contributed by atoms with E-state index in [9.17, 15) is 9.59 Å². The fourth-order valence-electron chi connectivity index (χ4n) is 8.22. The molecular formula is C25H36N4O3. The quantitative estimate of drug-likeness (QED) is 0.757. The lowest BCUT2D eigenvalue weighted by atomic mass is 9.53. The molecule has 4 aliphatic carbocycles. The van der Waals surface area contributed by atoms with Gasteiger partial charge < -0.3 is 19.6 Å². The molecule has 0 radical (unpaired) electrons. The first-order valence-electron chi connectivity index (χ1n) is 12.6. The maximum Gasteiger partial charge on any atom is 0.317 e. The summed E-state index contributed by atoms with van der Waals surface area (Å²) in [6.07, 6.45) is 10.7. The highest BCUT2D eigenvalue weighted by molar-refractivity contribution is 5.96. The van der Waals surface area contributed by atoms with Crippen LogP contribution in [0.15, 0.2) is 4.52 Å². The molecular weight excluding hydrogens is 404 g/mol. The van der Waals surface area contributed by atoms with Crippen molar-refractivity contribution in [3.63, 3.8) is 0 Å². The van der Waals surface area contributed by atoms with Crippen LogP contribution in [0.3, 0.4) is 0 Å². The Labute approximate surface area is 190 Å². The average Bonchev–Trinajstić information content (AvgIpc) is 3.30. The van der Waals surface area contributed by atoms with Gasteiger partial charge in [0.25, 0.3) is 5.91 Å². The molecule has 7 heteroatoms. The molecule has 2 aliphatic heterocycles. The highest BCUT2D eigenvalue weighted by Gasteiger charge is 2.52. The van der Waals surface area contributed by atoms with Gasteiger partial charge in [-0.2, -0.15) is 0 Å². The van der Waals surface area contributed by atoms with E-state index < -0.39 is 0 Å². The monoisotopic (exact) mass is 440 g/mol. The minimum Gasteiger partial charge on any atom is -0.361 e. The van der Waals surface area contributed by atoms with Gasteiger partial charge in [-0.1, -0.05) is 5.16 Å². The number of amides is 3. The van der Waals surface area contributed by atoms with Crippen molar-refractivity contribution >= 4 is 11.9 Å². The number of urea groups is 1. The standard InChI is InChI=1S/C25H36N4O3/c1-16-21(17(2)32-27-16)22(30)28-6-3-24(4-7-28)5-8-29(15-24)23(31)26-25-12-18-9-19(13-25)11-20(10-18)14-25/h18-20H,3-15H2,1-2H3,(H,26,31). The van der Waals surface area contributed by atoms with Crippen LogP contribution in [0, 0.1) is 37.0 Å². The van der Waals surface area contributed by atoms with E-state index in [-0.39, 0.29) is 22.9 Å². The van der Waals surface area contributed by atoms with Gasteiger partial charge in [-0.25, -0.2) is 4.79 Å². The zero-order chi connectivity index (χ0) is 22.1. The molecule has 7 nitrogen and oxygen atoms in total. The lowest BCUT2D eigenvalue weighted by Crippen LogP contribution is -2.61. The van der Waals surface area contributed by atoms with Crippen molar-refractivity contribution in [2.75, 3.05) is 26.2 Å². The molecule has 3 heterocycles. The summed E-state index contributed by atoms with van der Waals surface area (Å²) < 4.78 is 5.19. The highest BCUT2D eigenvalue weighted by Crippen LogP contribution is 2.55. The molecule has 0 unspecified atom stereocenters. The molecule has 174 valence electrons. The number of nitrogens with zero attached hydrogens (tertiary/aromatic N) is 3. The van der Waals surface area contributed by atoms with E-state index in [1.165, 1.54) is 38.5 Å². The summed E-state index contributed by atoms with van der Waals surface area (Å²) in [7, 11) is 0. The lowest BCUT2D eigenvalue weighted by molar-refractivity contribution is -0.0156. The molecule has 4 bridgehead atoms. The molecule has 3 amide bonds. The molecule has 1 N–H and O–H groups in total. The van der Waals surface area contributed by atoms with Crippen LogP contribution in [-0.2, 0) is 0 Å². The van der Waals surface area contributed by atoms with Crippen LogP contribution >= 0.6 is 0 Å². The summed E-state index contributed by atoms with van der Waals surface area (Å²) in [5.74, 6) is 3.15. The molecule has 2 saturated heterocycles. The first-order valence-corrected chi connectivity index (χ1v) is 12.6. The molecule has 4 saturated carbocycles. The third-order valence-corrected chi connectivity index (χ3v) is 9.49. The molecule has 7 rings (SSSR count). The number of carbonyl (C=O) groups is 2. The van der Waals surface area contributed by atoms with Gasteiger partial charge >= 0.3 is 6.03 Å². The normalized spacial score (nSPS) is 35.0. The first kappa shape index (κ1) is 20.5. The van der Waals surface area contributed by atoms with Crippen molar-refractivity contribution in [2.45, 2.75) is 77.2 Å². The van der Waals surface area contributed by atoms with Gasteiger partial charge in [-0.05, 0) is 94.8 Å². The minimum absolute atomic E-state index is 0.0329. The second-order valence-corrected chi connectivity index (χ2v) is 11.8. The Morgan fingerprint density at radius 2 is 1.50 bits per heavy atom. The Morgan fingerprint density at radius 3 is 2.03 bits per heavy atom. The third-order valence-electron chi connectivity index (χ3n) is 9.49. The zero-order valence-electron chi connectivity index (χ0n) is 19.5. The van der Waals surface area contributed by atoms with Gasteiger partial charge in [0.1, 0.15) is 11.3 Å². The molecule has 1 aromatic heterocycles. The lowest BCUT2D eigenvalue weighted by Gasteiger charge is -2.57. The van der Waals surface area contributed by atoms with Gasteiger partial charge in [-0.15, -0.1) is 0 Å². The van der Waals surface area contributed by atoms with Crippen LogP contribution in [0.2, 0.25) is 0 Å². The number of hydrogen-bond donors (Lipinski definition) is 1. The van der Waals surface area contributed by atoms with Gasteiger partial charge in [0, 0.05) is 31.7 Å². The number of hydrogen-bond acceptors (Lipinski definition) is 4. The van der Waals surface area contributed by atoms with Gasteiger partial charge in [0.2, 0.25) is 0 Å². The number of aryl methyl sites for hydroxylation is 2. The molecule has 32 heavy (non-hydrogen) atoms. The molecule has 0 aromatic carbocycles. The maximum atomic E-state index is 13.3. The smallest absolute Gasteiger partial charge is 0.317 e. The number of rotatable bonds is 2. The summed E-state index contributed by atoms with van der Waals surface area (Å²) in [4.78, 5) is 30.3. The van der Waals surface area contributed by atoms with E-state index >= 15 is 0 Å². The molecule has 0 atom stereocenters. The fraction of sp³-hybridized carbons (Fsp3) is 0.800. The Morgan fingerprint density at radius 1 is 0.938 bits per heavy atom. The van der Waals surface area contributed by atoms with Crippen molar-refractivity contribution in [1.29, 1.82) is 0 Å². The second-order valence-electron chi connectivity index (χ2n) is 11.8. The number of nitrogens with one attached hydrogen (secondary N) is 1. The van der Waals surface area contributed by atoms with Gasteiger partial charge in [-0.3, -0.25) is 4.79 Å². The molecule has 6 aliphatic rings. The third kappa shape index (κ3) is 3.34. The van der Waals surface area contributed by atoms with Crippen LogP contribution in [-0.4, -0.2) is 58.6 Å². The average molecular weight is 441 g/mol. The summed E-state index contributed by atoms with van der Waals surface area (Å²) in [6, 6.07) is 0.165. The number of aromatic nitrogens is 1. The fourth-order valence-corrected chi connectivity index (χ4v) is 8.22. The van der Waals surface area contributed by atoms with Crippen molar-refractivity contribution in [3.05, 3.63) is 17.0 Å². The van der Waals surface area contributed by atoms with E-state index in [1.807, 2.05) is 11.8 Å². The molecule has 1 aromatic rings. The Kier molecular flexibility index (Phi) is 4.64. The Hall–Kier alpha value is -2.05. The summed E-state index contributed by atoms with van der Waals surface area (Å²) in [5.41, 5.74) is 1.52. The predicted octanol–water partition coefficient (Wildman–Crippen LogP) is 3.90. The minimum atomic E-state index is 0.0329. The molecule has 6 fully saturated rings. The maximum absolute atomic E-state index is 13.3. The summed E-state index contributed by atoms with van der Waals surface area (Å²) >= 11 is 0. The second kappa shape index (κ2) is 7.22. The topological polar surface area (TPSA) is 78.7 Å². The van der Waals surface area contributed by atoms with Crippen LogP contribution in [0.25, 0.3) is 0 Å². The van der Waals surface area contributed by atoms with Crippen LogP contribution < -0.4 is 5.32 Å². The van der Waals surface area contributed by atoms with E-state index in [4.69, 9.17) is 4.52 Å². The van der Waals surface area contributed by atoms with Gasteiger partial charge in [0.05, 0.1) is 5.69 Å². The predicted molar refractivity (Wildman–Crippen MR) is 119 cm³/mol. The van der Waals surface area contributed by atoms with Crippen molar-refractivity contribution in [1.82, 2.24) is 20.3 Å². The van der Waals surface area contributed by atoms with E-state index in [1.54, 1.807) is 6.92 Å². The molecule has 1 spiro atoms. The zero-order valence-corrected chi connectivity index (χ0v) is 19.5. The first-order chi connectivity index (χ1) is 15.3. The van der Waals surface area contributed by atoms with Gasteiger partial charge in [0.15, 0.2) is 0 Å². The summed E-state index contributed by atoms with van der Waals surface area (Å²) in [5, 5.41) is 7.49. The largest absolute Gasteiger partial charge is 0.361 e. The number of piperidine rings is 1. The van der Waals surface area contributed by atoms with Crippen LogP contribution in [0.1, 0.15) is 79.6 Å². The van der Waals surface area contributed by atoms with Crippen LogP contribution in [0.4, 0.5) is 4.79 Å². The van der Waals surface area contributed by atoms with Crippen molar-refractivity contribution in [2.24, 2.45) is 23.2 Å². The number of carbonyl (C=O) groups excluding carboxylic acids is 2. The van der Waals surface area contributed by atoms with E-state index in [2.05, 4.69) is 15.4 Å². The van der Waals surface area contributed by atoms with Crippen molar-refractivity contribution in [3.8, 4) is 0 Å². The van der Waals surface area contributed by atoms with E-state index in [0.29, 0.717) is 17.0 Å². The Bertz CT molecular complexity index is 875.